The van der Waals surface area contributed by atoms with E-state index < -0.39 is 4.92 Å². The monoisotopic (exact) mass is 382 g/mol. The minimum absolute atomic E-state index is 0.0251. The van der Waals surface area contributed by atoms with E-state index in [1.165, 1.54) is 12.1 Å². The molecule has 0 saturated carbocycles. The van der Waals surface area contributed by atoms with Crippen LogP contribution in [-0.4, -0.2) is 19.5 Å². The largest absolute Gasteiger partial charge is 0.439 e. The lowest BCUT2D eigenvalue weighted by Gasteiger charge is -2.06. The maximum absolute atomic E-state index is 10.7. The second-order valence-electron chi connectivity index (χ2n) is 3.87. The van der Waals surface area contributed by atoms with Gasteiger partial charge in [0.25, 0.3) is 5.69 Å². The molecule has 0 radical (unpaired) electrons. The molecule has 8 heteroatoms. The topological polar surface area (TPSA) is 82.6 Å². The summed E-state index contributed by atoms with van der Waals surface area (Å²) < 4.78 is 7.79. The smallest absolute Gasteiger partial charge is 0.273 e. The molecule has 20 heavy (non-hydrogen) atoms. The SMILES string of the molecule is O=[N+]([O-])c1cccc(Oc2cccc3nc(I)nn23)c1. The zero-order chi connectivity index (χ0) is 14.1. The first-order valence-electron chi connectivity index (χ1n) is 5.57. The molecule has 0 N–H and O–H groups in total. The second-order valence-corrected chi connectivity index (χ2v) is 4.84. The molecule has 0 saturated heterocycles. The Morgan fingerprint density at radius 2 is 2.05 bits per heavy atom. The van der Waals surface area contributed by atoms with Crippen LogP contribution >= 0.6 is 22.6 Å². The van der Waals surface area contributed by atoms with Crippen molar-refractivity contribution in [2.24, 2.45) is 0 Å². The van der Waals surface area contributed by atoms with E-state index in [1.54, 1.807) is 34.8 Å². The first kappa shape index (κ1) is 12.8. The lowest BCUT2D eigenvalue weighted by atomic mass is 10.3. The van der Waals surface area contributed by atoms with E-state index in [4.69, 9.17) is 4.74 Å². The van der Waals surface area contributed by atoms with Crippen LogP contribution < -0.4 is 4.74 Å². The van der Waals surface area contributed by atoms with Crippen molar-refractivity contribution in [2.75, 3.05) is 0 Å². The molecule has 0 atom stereocenters. The molecule has 2 aromatic heterocycles. The molecule has 3 aromatic rings. The quantitative estimate of drug-likeness (QED) is 0.395. The third kappa shape index (κ3) is 2.41. The van der Waals surface area contributed by atoms with Gasteiger partial charge in [0.2, 0.25) is 9.71 Å². The van der Waals surface area contributed by atoms with Gasteiger partial charge < -0.3 is 4.74 Å². The fourth-order valence-corrected chi connectivity index (χ4v) is 2.18. The van der Waals surface area contributed by atoms with Gasteiger partial charge in [-0.1, -0.05) is 12.1 Å². The van der Waals surface area contributed by atoms with Gasteiger partial charge in [-0.05, 0) is 12.1 Å². The number of rotatable bonds is 3. The van der Waals surface area contributed by atoms with Gasteiger partial charge in [0.15, 0.2) is 5.65 Å². The first-order chi connectivity index (χ1) is 9.63. The number of nitrogens with zero attached hydrogens (tertiary/aromatic N) is 4. The van der Waals surface area contributed by atoms with E-state index in [2.05, 4.69) is 10.1 Å². The Bertz CT molecular complexity index is 802. The summed E-state index contributed by atoms with van der Waals surface area (Å²) in [6.07, 6.45) is 0. The third-order valence-electron chi connectivity index (χ3n) is 2.55. The van der Waals surface area contributed by atoms with Gasteiger partial charge in [-0.2, -0.15) is 4.52 Å². The number of non-ortho nitro benzene ring substituents is 1. The van der Waals surface area contributed by atoms with E-state index >= 15 is 0 Å². The number of nitro groups is 1. The van der Waals surface area contributed by atoms with E-state index in [0.29, 0.717) is 21.1 Å². The minimum atomic E-state index is -0.466. The summed E-state index contributed by atoms with van der Waals surface area (Å²) in [6.45, 7) is 0. The van der Waals surface area contributed by atoms with Crippen molar-refractivity contribution >= 4 is 33.9 Å². The fraction of sp³-hybridized carbons (Fsp3) is 0. The Kier molecular flexibility index (Phi) is 3.22. The molecule has 0 fully saturated rings. The molecular weight excluding hydrogens is 375 g/mol. The molecule has 0 unspecified atom stereocenters. The van der Waals surface area contributed by atoms with E-state index in [-0.39, 0.29) is 5.69 Å². The highest BCUT2D eigenvalue weighted by atomic mass is 127. The van der Waals surface area contributed by atoms with Crippen molar-refractivity contribution in [3.8, 4) is 11.6 Å². The van der Waals surface area contributed by atoms with Crippen LogP contribution in [-0.2, 0) is 0 Å². The molecule has 3 rings (SSSR count). The highest BCUT2D eigenvalue weighted by Crippen LogP contribution is 2.25. The average molecular weight is 382 g/mol. The molecule has 0 spiro atoms. The van der Waals surface area contributed by atoms with Gasteiger partial charge in [-0.3, -0.25) is 10.1 Å². The molecule has 100 valence electrons. The van der Waals surface area contributed by atoms with Gasteiger partial charge in [0.05, 0.1) is 11.0 Å². The number of halogens is 1. The fourth-order valence-electron chi connectivity index (χ4n) is 1.71. The second kappa shape index (κ2) is 5.04. The van der Waals surface area contributed by atoms with Crippen molar-refractivity contribution in [3.05, 3.63) is 56.4 Å². The molecule has 0 aliphatic carbocycles. The number of nitro benzene ring substituents is 1. The van der Waals surface area contributed by atoms with Crippen molar-refractivity contribution in [1.82, 2.24) is 14.6 Å². The predicted octanol–water partition coefficient (Wildman–Crippen LogP) is 3.03. The predicted molar refractivity (Wildman–Crippen MR) is 78.9 cm³/mol. The first-order valence-corrected chi connectivity index (χ1v) is 6.65. The standard InChI is InChI=1S/C12H7IN4O3/c13-12-14-10-5-2-6-11(16(10)15-12)20-9-4-1-3-8(7-9)17(18)19/h1-7H. The minimum Gasteiger partial charge on any atom is -0.439 e. The van der Waals surface area contributed by atoms with Crippen LogP contribution in [0.1, 0.15) is 0 Å². The van der Waals surface area contributed by atoms with Crippen molar-refractivity contribution in [2.45, 2.75) is 0 Å². The molecule has 7 nitrogen and oxygen atoms in total. The molecule has 0 aliphatic rings. The van der Waals surface area contributed by atoms with Crippen molar-refractivity contribution in [1.29, 1.82) is 0 Å². The van der Waals surface area contributed by atoms with Gasteiger partial charge in [-0.25, -0.2) is 4.98 Å². The molecule has 2 heterocycles. The van der Waals surface area contributed by atoms with Crippen molar-refractivity contribution < 1.29 is 9.66 Å². The highest BCUT2D eigenvalue weighted by molar-refractivity contribution is 14.1. The molecule has 0 amide bonds. The van der Waals surface area contributed by atoms with Crippen LogP contribution in [0.4, 0.5) is 5.69 Å². The van der Waals surface area contributed by atoms with Crippen LogP contribution in [0.2, 0.25) is 0 Å². The summed E-state index contributed by atoms with van der Waals surface area (Å²) in [5.41, 5.74) is 0.625. The summed E-state index contributed by atoms with van der Waals surface area (Å²) in [6, 6.07) is 11.3. The lowest BCUT2D eigenvalue weighted by Crippen LogP contribution is -1.96. The lowest BCUT2D eigenvalue weighted by molar-refractivity contribution is -0.384. The summed E-state index contributed by atoms with van der Waals surface area (Å²) >= 11 is 2.01. The maximum atomic E-state index is 10.7. The molecule has 0 aliphatic heterocycles. The van der Waals surface area contributed by atoms with Crippen LogP contribution in [0.3, 0.4) is 0 Å². The van der Waals surface area contributed by atoms with Gasteiger partial charge >= 0.3 is 0 Å². The maximum Gasteiger partial charge on any atom is 0.273 e. The van der Waals surface area contributed by atoms with Crippen LogP contribution in [0, 0.1) is 13.9 Å². The summed E-state index contributed by atoms with van der Waals surface area (Å²) in [5, 5.41) is 14.9. The normalized spacial score (nSPS) is 10.7. The Morgan fingerprint density at radius 3 is 2.85 bits per heavy atom. The number of ether oxygens (including phenoxy) is 1. The molecular formula is C12H7IN4O3. The Balaban J connectivity index is 2.01. The number of pyridine rings is 1. The summed E-state index contributed by atoms with van der Waals surface area (Å²) in [7, 11) is 0. The van der Waals surface area contributed by atoms with E-state index in [0.717, 1.165) is 0 Å². The summed E-state index contributed by atoms with van der Waals surface area (Å²) in [4.78, 5) is 14.5. The number of hydrogen-bond acceptors (Lipinski definition) is 5. The van der Waals surface area contributed by atoms with Gasteiger partial charge in [0, 0.05) is 34.7 Å². The average Bonchev–Trinajstić information content (AvgIpc) is 2.80. The molecule has 1 aromatic carbocycles. The molecule has 0 bridgehead atoms. The summed E-state index contributed by atoms with van der Waals surface area (Å²) in [5.74, 6) is 0.815. The number of benzene rings is 1. The highest BCUT2D eigenvalue weighted by Gasteiger charge is 2.10. The van der Waals surface area contributed by atoms with Crippen LogP contribution in [0.5, 0.6) is 11.6 Å². The van der Waals surface area contributed by atoms with E-state index in [9.17, 15) is 10.1 Å². The van der Waals surface area contributed by atoms with E-state index in [1.807, 2.05) is 22.6 Å². The Hall–Kier alpha value is -2.23. The Labute approximate surface area is 126 Å². The number of fused-ring (bicyclic) bond motifs is 1. The van der Waals surface area contributed by atoms with Crippen LogP contribution in [0.15, 0.2) is 42.5 Å². The zero-order valence-corrected chi connectivity index (χ0v) is 12.1. The Morgan fingerprint density at radius 1 is 1.25 bits per heavy atom. The van der Waals surface area contributed by atoms with Crippen molar-refractivity contribution in [3.63, 3.8) is 0 Å². The van der Waals surface area contributed by atoms with Gasteiger partial charge in [-0.15, -0.1) is 5.10 Å². The van der Waals surface area contributed by atoms with Crippen LogP contribution in [0.25, 0.3) is 5.65 Å². The third-order valence-corrected chi connectivity index (χ3v) is 3.01. The van der Waals surface area contributed by atoms with Gasteiger partial charge in [0.1, 0.15) is 5.75 Å². The number of aromatic nitrogens is 3. The number of hydrogen-bond donors (Lipinski definition) is 0. The zero-order valence-electron chi connectivity index (χ0n) is 9.93.